The number of carbonyl (C=O) groups is 1. The Kier molecular flexibility index (Phi) is 4.32. The smallest absolute Gasteiger partial charge is 0.274 e. The molecule has 26 heavy (non-hydrogen) atoms. The third-order valence-corrected chi connectivity index (χ3v) is 4.95. The zero-order valence-corrected chi connectivity index (χ0v) is 15.2. The molecule has 0 saturated carbocycles. The molecule has 1 fully saturated rings. The van der Waals surface area contributed by atoms with Gasteiger partial charge in [-0.05, 0) is 51.0 Å². The Morgan fingerprint density at radius 3 is 2.69 bits per heavy atom. The number of rotatable bonds is 4. The summed E-state index contributed by atoms with van der Waals surface area (Å²) in [5.41, 5.74) is 3.59. The number of para-hydroxylation sites is 1. The molecule has 0 unspecified atom stereocenters. The largest absolute Gasteiger partial charge is 0.332 e. The Morgan fingerprint density at radius 1 is 1.15 bits per heavy atom. The molecule has 1 aliphatic rings. The highest BCUT2D eigenvalue weighted by Gasteiger charge is 2.31. The lowest BCUT2D eigenvalue weighted by molar-refractivity contribution is 0.0714. The lowest BCUT2D eigenvalue weighted by Gasteiger charge is -2.24. The number of hydrogen-bond acceptors (Lipinski definition) is 3. The maximum atomic E-state index is 13.0. The zero-order valence-electron chi connectivity index (χ0n) is 15.2. The fourth-order valence-corrected chi connectivity index (χ4v) is 3.66. The van der Waals surface area contributed by atoms with E-state index in [1.165, 1.54) is 0 Å². The van der Waals surface area contributed by atoms with E-state index < -0.39 is 0 Å². The average Bonchev–Trinajstić information content (AvgIpc) is 3.36. The molecule has 3 aromatic rings. The average molecular weight is 349 g/mol. The number of likely N-dealkylation sites (tertiary alicyclic amines) is 1. The van der Waals surface area contributed by atoms with Crippen molar-refractivity contribution < 1.29 is 4.79 Å². The first-order valence-corrected chi connectivity index (χ1v) is 9.05. The van der Waals surface area contributed by atoms with Crippen LogP contribution in [0.15, 0.2) is 48.7 Å². The monoisotopic (exact) mass is 349 g/mol. The van der Waals surface area contributed by atoms with Gasteiger partial charge in [-0.3, -0.25) is 9.48 Å². The maximum Gasteiger partial charge on any atom is 0.274 e. The molecule has 1 aliphatic heterocycles. The number of amides is 1. The van der Waals surface area contributed by atoms with Crippen molar-refractivity contribution in [3.63, 3.8) is 0 Å². The number of aryl methyl sites for hydroxylation is 2. The summed E-state index contributed by atoms with van der Waals surface area (Å²) in [5.74, 6) is 0.00344. The Bertz CT molecular complexity index is 911. The van der Waals surface area contributed by atoms with Crippen LogP contribution in [0.2, 0.25) is 0 Å². The molecule has 6 nitrogen and oxygen atoms in total. The molecule has 0 spiro atoms. The van der Waals surface area contributed by atoms with E-state index in [0.717, 1.165) is 43.0 Å². The van der Waals surface area contributed by atoms with Crippen LogP contribution in [-0.2, 0) is 6.54 Å². The second kappa shape index (κ2) is 6.78. The molecular weight excluding hydrogens is 326 g/mol. The van der Waals surface area contributed by atoms with Crippen molar-refractivity contribution in [3.8, 4) is 5.69 Å². The quantitative estimate of drug-likeness (QED) is 0.728. The molecule has 2 aromatic heterocycles. The molecule has 0 bridgehead atoms. The minimum Gasteiger partial charge on any atom is -0.332 e. The van der Waals surface area contributed by atoms with E-state index in [4.69, 9.17) is 0 Å². The predicted molar refractivity (Wildman–Crippen MR) is 99.3 cm³/mol. The van der Waals surface area contributed by atoms with Crippen molar-refractivity contribution >= 4 is 5.91 Å². The molecule has 0 N–H and O–H groups in total. The van der Waals surface area contributed by atoms with Gasteiger partial charge in [0.05, 0.1) is 24.0 Å². The van der Waals surface area contributed by atoms with E-state index in [1.54, 1.807) is 10.7 Å². The molecule has 134 valence electrons. The predicted octanol–water partition coefficient (Wildman–Crippen LogP) is 2.99. The normalized spacial score (nSPS) is 17.0. The highest BCUT2D eigenvalue weighted by atomic mass is 16.2. The van der Waals surface area contributed by atoms with E-state index in [-0.39, 0.29) is 11.9 Å². The summed E-state index contributed by atoms with van der Waals surface area (Å²) in [6.45, 7) is 5.58. The summed E-state index contributed by atoms with van der Waals surface area (Å²) >= 11 is 0. The van der Waals surface area contributed by atoms with Gasteiger partial charge in [0.1, 0.15) is 0 Å². The van der Waals surface area contributed by atoms with Gasteiger partial charge in [0.25, 0.3) is 5.91 Å². The summed E-state index contributed by atoms with van der Waals surface area (Å²) in [5, 5.41) is 9.03. The summed E-state index contributed by atoms with van der Waals surface area (Å²) in [6, 6.07) is 13.9. The summed E-state index contributed by atoms with van der Waals surface area (Å²) in [7, 11) is 0. The van der Waals surface area contributed by atoms with Crippen LogP contribution < -0.4 is 0 Å². The molecule has 3 heterocycles. The third-order valence-electron chi connectivity index (χ3n) is 4.95. The van der Waals surface area contributed by atoms with Gasteiger partial charge >= 0.3 is 0 Å². The van der Waals surface area contributed by atoms with Crippen LogP contribution in [-0.4, -0.2) is 43.0 Å². The minimum atomic E-state index is 0.00344. The highest BCUT2D eigenvalue weighted by molar-refractivity contribution is 5.92. The Balaban J connectivity index is 1.52. The lowest BCUT2D eigenvalue weighted by Crippen LogP contribution is -2.38. The minimum absolute atomic E-state index is 0.00344. The van der Waals surface area contributed by atoms with Crippen molar-refractivity contribution in [2.75, 3.05) is 6.54 Å². The van der Waals surface area contributed by atoms with Crippen LogP contribution in [0.1, 0.15) is 34.7 Å². The number of carbonyl (C=O) groups excluding carboxylic acids is 1. The van der Waals surface area contributed by atoms with Gasteiger partial charge in [-0.2, -0.15) is 10.2 Å². The first kappa shape index (κ1) is 16.6. The van der Waals surface area contributed by atoms with Crippen molar-refractivity contribution in [3.05, 3.63) is 65.7 Å². The van der Waals surface area contributed by atoms with E-state index in [2.05, 4.69) is 23.2 Å². The Hall–Kier alpha value is -2.89. The molecule has 1 amide bonds. The molecule has 1 aromatic carbocycles. The van der Waals surface area contributed by atoms with Gasteiger partial charge in [-0.15, -0.1) is 0 Å². The van der Waals surface area contributed by atoms with E-state index in [1.807, 2.05) is 53.0 Å². The van der Waals surface area contributed by atoms with Gasteiger partial charge in [-0.25, -0.2) is 4.68 Å². The fraction of sp³-hybridized carbons (Fsp3) is 0.350. The Labute approximate surface area is 153 Å². The van der Waals surface area contributed by atoms with Crippen LogP contribution in [0.4, 0.5) is 0 Å². The second-order valence-corrected chi connectivity index (χ2v) is 6.88. The van der Waals surface area contributed by atoms with Gasteiger partial charge < -0.3 is 4.90 Å². The van der Waals surface area contributed by atoms with Gasteiger partial charge in [0.2, 0.25) is 0 Å². The molecule has 0 aliphatic carbocycles. The number of hydrogen-bond donors (Lipinski definition) is 0. The molecule has 6 heteroatoms. The molecular formula is C20H23N5O. The molecule has 0 radical (unpaired) electrons. The highest BCUT2D eigenvalue weighted by Crippen LogP contribution is 2.22. The molecule has 4 rings (SSSR count). The van der Waals surface area contributed by atoms with Gasteiger partial charge in [0.15, 0.2) is 5.69 Å². The standard InChI is InChI=1S/C20H23N5O/c1-15-13-16(2)25(21-15)14-18-9-6-11-23(18)20(26)19-10-12-24(22-19)17-7-4-3-5-8-17/h3-5,7-8,10,12-13,18H,6,9,11,14H2,1-2H3/t18-/m1/s1. The summed E-state index contributed by atoms with van der Waals surface area (Å²) < 4.78 is 3.76. The van der Waals surface area contributed by atoms with Crippen molar-refractivity contribution in [1.29, 1.82) is 0 Å². The van der Waals surface area contributed by atoms with Gasteiger partial charge in [-0.1, -0.05) is 18.2 Å². The summed E-state index contributed by atoms with van der Waals surface area (Å²) in [4.78, 5) is 15.0. The number of aromatic nitrogens is 4. The second-order valence-electron chi connectivity index (χ2n) is 6.88. The van der Waals surface area contributed by atoms with Crippen LogP contribution in [0.25, 0.3) is 5.69 Å². The van der Waals surface area contributed by atoms with Crippen molar-refractivity contribution in [2.45, 2.75) is 39.3 Å². The molecule has 1 atom stereocenters. The first-order valence-electron chi connectivity index (χ1n) is 9.05. The third kappa shape index (κ3) is 3.14. The Morgan fingerprint density at radius 2 is 1.96 bits per heavy atom. The summed E-state index contributed by atoms with van der Waals surface area (Å²) in [6.07, 6.45) is 3.87. The molecule has 1 saturated heterocycles. The van der Waals surface area contributed by atoms with E-state index in [9.17, 15) is 4.79 Å². The maximum absolute atomic E-state index is 13.0. The van der Waals surface area contributed by atoms with E-state index in [0.29, 0.717) is 5.69 Å². The zero-order chi connectivity index (χ0) is 18.1. The number of benzene rings is 1. The van der Waals surface area contributed by atoms with Crippen LogP contribution in [0.5, 0.6) is 0 Å². The van der Waals surface area contributed by atoms with Crippen molar-refractivity contribution in [2.24, 2.45) is 0 Å². The number of nitrogens with zero attached hydrogens (tertiary/aromatic N) is 5. The topological polar surface area (TPSA) is 56.0 Å². The van der Waals surface area contributed by atoms with Crippen molar-refractivity contribution in [1.82, 2.24) is 24.5 Å². The lowest BCUT2D eigenvalue weighted by atomic mass is 10.2. The first-order chi connectivity index (χ1) is 12.6. The SMILES string of the molecule is Cc1cc(C)n(C[C@H]2CCCN2C(=O)c2ccn(-c3ccccc3)n2)n1. The van der Waals surface area contributed by atoms with Gasteiger partial charge in [0, 0.05) is 18.4 Å². The van der Waals surface area contributed by atoms with E-state index >= 15 is 0 Å². The fourth-order valence-electron chi connectivity index (χ4n) is 3.66. The van der Waals surface area contributed by atoms with Crippen LogP contribution in [0.3, 0.4) is 0 Å². The van der Waals surface area contributed by atoms with Crippen LogP contribution in [0, 0.1) is 13.8 Å². The van der Waals surface area contributed by atoms with Crippen LogP contribution >= 0.6 is 0 Å².